The van der Waals surface area contributed by atoms with E-state index in [4.69, 9.17) is 0 Å². The van der Waals surface area contributed by atoms with E-state index in [-0.39, 0.29) is 10.7 Å². The smallest absolute Gasteiger partial charge is 0.152 e. The van der Waals surface area contributed by atoms with Crippen LogP contribution < -0.4 is 5.32 Å². The van der Waals surface area contributed by atoms with Crippen LogP contribution in [0.1, 0.15) is 58.8 Å². The molecule has 116 valence electrons. The van der Waals surface area contributed by atoms with Gasteiger partial charge in [-0.05, 0) is 69.6 Å². The highest BCUT2D eigenvalue weighted by Crippen LogP contribution is 2.57. The second-order valence-electron chi connectivity index (χ2n) is 7.76. The highest BCUT2D eigenvalue weighted by Gasteiger charge is 2.51. The van der Waals surface area contributed by atoms with Crippen molar-refractivity contribution in [3.05, 3.63) is 0 Å². The number of nitrogens with one attached hydrogen (secondary N) is 1. The lowest BCUT2D eigenvalue weighted by atomic mass is 9.71. The van der Waals surface area contributed by atoms with Crippen molar-refractivity contribution in [1.82, 2.24) is 5.32 Å². The van der Waals surface area contributed by atoms with Crippen LogP contribution in [0.2, 0.25) is 0 Å². The number of fused-ring (bicyclic) bond motifs is 2. The minimum Gasteiger partial charge on any atom is -0.313 e. The molecule has 3 saturated carbocycles. The first kappa shape index (κ1) is 14.8. The molecule has 0 spiro atoms. The molecular weight excluding hydrogens is 270 g/mol. The van der Waals surface area contributed by atoms with Gasteiger partial charge in [0.2, 0.25) is 0 Å². The Labute approximate surface area is 123 Å². The van der Waals surface area contributed by atoms with E-state index in [2.05, 4.69) is 5.32 Å². The monoisotopic (exact) mass is 299 g/mol. The molecule has 0 amide bonds. The van der Waals surface area contributed by atoms with Crippen LogP contribution >= 0.6 is 0 Å². The summed E-state index contributed by atoms with van der Waals surface area (Å²) in [5.41, 5.74) is 0.285. The lowest BCUT2D eigenvalue weighted by Gasteiger charge is -2.38. The zero-order chi connectivity index (χ0) is 14.4. The summed E-state index contributed by atoms with van der Waals surface area (Å²) in [7, 11) is -2.89. The van der Waals surface area contributed by atoms with Crippen LogP contribution in [0.5, 0.6) is 0 Å². The SMILES string of the molecule is CC(C)S(=O)(=O)CCC1(CNC2CC2)CC2CCC1C2. The third-order valence-corrected chi connectivity index (χ3v) is 8.23. The van der Waals surface area contributed by atoms with Crippen LogP contribution in [0, 0.1) is 17.3 Å². The maximum Gasteiger partial charge on any atom is 0.152 e. The molecule has 3 rings (SSSR count). The molecular formula is C16H29NO2S. The molecule has 0 heterocycles. The van der Waals surface area contributed by atoms with Gasteiger partial charge in [-0.3, -0.25) is 0 Å². The molecule has 3 aliphatic rings. The number of hydrogen-bond donors (Lipinski definition) is 1. The molecule has 0 aromatic heterocycles. The lowest BCUT2D eigenvalue weighted by molar-refractivity contribution is 0.150. The van der Waals surface area contributed by atoms with Crippen LogP contribution in [0.3, 0.4) is 0 Å². The quantitative estimate of drug-likeness (QED) is 0.786. The van der Waals surface area contributed by atoms with E-state index in [9.17, 15) is 8.42 Å². The molecule has 0 aromatic carbocycles. The molecule has 3 unspecified atom stereocenters. The first-order valence-electron chi connectivity index (χ1n) is 8.36. The Morgan fingerprint density at radius 1 is 1.20 bits per heavy atom. The van der Waals surface area contributed by atoms with Gasteiger partial charge in [-0.1, -0.05) is 6.42 Å². The molecule has 0 saturated heterocycles. The zero-order valence-corrected chi connectivity index (χ0v) is 13.7. The van der Waals surface area contributed by atoms with Gasteiger partial charge in [-0.2, -0.15) is 0 Å². The number of rotatable bonds is 7. The van der Waals surface area contributed by atoms with Crippen LogP contribution in [0.4, 0.5) is 0 Å². The Morgan fingerprint density at radius 2 is 1.95 bits per heavy atom. The largest absolute Gasteiger partial charge is 0.313 e. The van der Waals surface area contributed by atoms with Gasteiger partial charge in [0.1, 0.15) is 0 Å². The van der Waals surface area contributed by atoms with Crippen LogP contribution in [-0.4, -0.2) is 32.0 Å². The third kappa shape index (κ3) is 2.92. The fourth-order valence-electron chi connectivity index (χ4n) is 4.39. The molecule has 20 heavy (non-hydrogen) atoms. The topological polar surface area (TPSA) is 46.2 Å². The Kier molecular flexibility index (Phi) is 3.91. The summed E-state index contributed by atoms with van der Waals surface area (Å²) in [5.74, 6) is 2.05. The first-order valence-corrected chi connectivity index (χ1v) is 10.1. The summed E-state index contributed by atoms with van der Waals surface area (Å²) >= 11 is 0. The maximum absolute atomic E-state index is 12.2. The van der Waals surface area contributed by atoms with Gasteiger partial charge in [0, 0.05) is 12.6 Å². The van der Waals surface area contributed by atoms with Crippen molar-refractivity contribution in [3.8, 4) is 0 Å². The molecule has 3 aliphatic carbocycles. The van der Waals surface area contributed by atoms with E-state index in [1.165, 1.54) is 38.5 Å². The lowest BCUT2D eigenvalue weighted by Crippen LogP contribution is -2.41. The summed E-state index contributed by atoms with van der Waals surface area (Å²) in [5, 5.41) is 3.47. The first-order chi connectivity index (χ1) is 9.41. The van der Waals surface area contributed by atoms with Gasteiger partial charge in [0.05, 0.1) is 11.0 Å². The van der Waals surface area contributed by atoms with E-state index >= 15 is 0 Å². The molecule has 0 radical (unpaired) electrons. The summed E-state index contributed by atoms with van der Waals surface area (Å²) in [6.45, 7) is 4.68. The van der Waals surface area contributed by atoms with Gasteiger partial charge in [-0.15, -0.1) is 0 Å². The van der Waals surface area contributed by atoms with Gasteiger partial charge < -0.3 is 5.32 Å². The van der Waals surface area contributed by atoms with E-state index in [1.807, 2.05) is 13.8 Å². The molecule has 3 atom stereocenters. The second kappa shape index (κ2) is 5.28. The summed E-state index contributed by atoms with van der Waals surface area (Å²) in [6, 6.07) is 0.729. The van der Waals surface area contributed by atoms with E-state index < -0.39 is 9.84 Å². The Balaban J connectivity index is 1.66. The highest BCUT2D eigenvalue weighted by atomic mass is 32.2. The third-order valence-electron chi connectivity index (χ3n) is 6.03. The Hall–Kier alpha value is -0.0900. The predicted molar refractivity (Wildman–Crippen MR) is 82.4 cm³/mol. The van der Waals surface area contributed by atoms with Crippen molar-refractivity contribution >= 4 is 9.84 Å². The fraction of sp³-hybridized carbons (Fsp3) is 1.00. The Morgan fingerprint density at radius 3 is 2.45 bits per heavy atom. The molecule has 3 fully saturated rings. The predicted octanol–water partition coefficient (Wildman–Crippen LogP) is 2.76. The number of sulfone groups is 1. The van der Waals surface area contributed by atoms with Crippen molar-refractivity contribution in [2.45, 2.75) is 70.1 Å². The Bertz CT molecular complexity index is 455. The van der Waals surface area contributed by atoms with Crippen molar-refractivity contribution in [3.63, 3.8) is 0 Å². The molecule has 2 bridgehead atoms. The molecule has 1 N–H and O–H groups in total. The standard InChI is InChI=1S/C16H29NO2S/c1-12(2)20(18,19)8-7-16(11-17-15-5-6-15)10-13-3-4-14(16)9-13/h12-15,17H,3-11H2,1-2H3. The second-order valence-corrected chi connectivity index (χ2v) is 10.4. The average molecular weight is 299 g/mol. The van der Waals surface area contributed by atoms with Gasteiger partial charge in [0.25, 0.3) is 0 Å². The molecule has 0 aromatic rings. The van der Waals surface area contributed by atoms with Crippen molar-refractivity contribution in [2.24, 2.45) is 17.3 Å². The van der Waals surface area contributed by atoms with Crippen molar-refractivity contribution in [1.29, 1.82) is 0 Å². The molecule has 0 aliphatic heterocycles. The van der Waals surface area contributed by atoms with Crippen LogP contribution in [0.25, 0.3) is 0 Å². The van der Waals surface area contributed by atoms with Crippen molar-refractivity contribution < 1.29 is 8.42 Å². The van der Waals surface area contributed by atoms with Gasteiger partial charge in [0.15, 0.2) is 9.84 Å². The summed E-state index contributed by atoms with van der Waals surface area (Å²) in [4.78, 5) is 0. The fourth-order valence-corrected chi connectivity index (χ4v) is 5.55. The van der Waals surface area contributed by atoms with E-state index in [0.717, 1.165) is 30.8 Å². The van der Waals surface area contributed by atoms with Crippen LogP contribution in [0.15, 0.2) is 0 Å². The van der Waals surface area contributed by atoms with E-state index in [1.54, 1.807) is 0 Å². The molecule has 4 heteroatoms. The van der Waals surface area contributed by atoms with Crippen LogP contribution in [-0.2, 0) is 9.84 Å². The maximum atomic E-state index is 12.2. The van der Waals surface area contributed by atoms with Gasteiger partial charge >= 0.3 is 0 Å². The highest BCUT2D eigenvalue weighted by molar-refractivity contribution is 7.91. The zero-order valence-electron chi connectivity index (χ0n) is 12.9. The summed E-state index contributed by atoms with van der Waals surface area (Å²) in [6.07, 6.45) is 8.85. The minimum atomic E-state index is -2.89. The summed E-state index contributed by atoms with van der Waals surface area (Å²) < 4.78 is 24.3. The van der Waals surface area contributed by atoms with Gasteiger partial charge in [-0.25, -0.2) is 8.42 Å². The van der Waals surface area contributed by atoms with E-state index in [0.29, 0.717) is 5.75 Å². The minimum absolute atomic E-state index is 0.227. The van der Waals surface area contributed by atoms with Crippen molar-refractivity contribution in [2.75, 3.05) is 12.3 Å². The number of hydrogen-bond acceptors (Lipinski definition) is 3. The molecule has 3 nitrogen and oxygen atoms in total. The normalized spacial score (nSPS) is 37.0. The average Bonchev–Trinajstić information content (AvgIpc) is 3.02.